The number of anilines is 2. The van der Waals surface area contributed by atoms with Gasteiger partial charge in [0.2, 0.25) is 11.8 Å². The quantitative estimate of drug-likeness (QED) is 0.772. The van der Waals surface area contributed by atoms with Gasteiger partial charge in [0.05, 0.1) is 5.92 Å². The number of hydrogen-bond acceptors (Lipinski definition) is 3. The molecule has 1 atom stereocenters. The van der Waals surface area contributed by atoms with Gasteiger partial charge in [0.15, 0.2) is 0 Å². The van der Waals surface area contributed by atoms with Crippen molar-refractivity contribution < 1.29 is 9.59 Å². The van der Waals surface area contributed by atoms with Crippen molar-refractivity contribution in [3.63, 3.8) is 0 Å². The second kappa shape index (κ2) is 6.35. The number of carbonyl (C=O) groups is 2. The Bertz CT molecular complexity index is 552. The zero-order valence-corrected chi connectivity index (χ0v) is 12.6. The van der Waals surface area contributed by atoms with E-state index < -0.39 is 0 Å². The van der Waals surface area contributed by atoms with Gasteiger partial charge in [-0.2, -0.15) is 0 Å². The maximum absolute atomic E-state index is 12.7. The first kappa shape index (κ1) is 15.6. The first-order valence-corrected chi connectivity index (χ1v) is 7.12. The second-order valence-electron chi connectivity index (χ2n) is 5.48. The molecule has 1 saturated heterocycles. The molecule has 21 heavy (non-hydrogen) atoms. The van der Waals surface area contributed by atoms with Gasteiger partial charge in [-0.3, -0.25) is 9.59 Å². The van der Waals surface area contributed by atoms with Crippen molar-refractivity contribution in [2.45, 2.75) is 25.7 Å². The number of fused-ring (bicyclic) bond motifs is 1. The molecule has 114 valence electrons. The molecule has 2 aliphatic heterocycles. The number of amides is 2. The van der Waals surface area contributed by atoms with E-state index in [-0.39, 0.29) is 30.1 Å². The van der Waals surface area contributed by atoms with E-state index in [0.29, 0.717) is 19.4 Å². The van der Waals surface area contributed by atoms with Crippen LogP contribution in [0.3, 0.4) is 0 Å². The van der Waals surface area contributed by atoms with Gasteiger partial charge in [0.1, 0.15) is 0 Å². The van der Waals surface area contributed by atoms with Gasteiger partial charge >= 0.3 is 0 Å². The molecule has 1 unspecified atom stereocenters. The molecule has 1 fully saturated rings. The molecule has 1 aromatic carbocycles. The van der Waals surface area contributed by atoms with Gasteiger partial charge in [-0.25, -0.2) is 0 Å². The summed E-state index contributed by atoms with van der Waals surface area (Å²) in [6.45, 7) is 1.19. The molecule has 2 amide bonds. The highest BCUT2D eigenvalue weighted by Gasteiger charge is 2.31. The van der Waals surface area contributed by atoms with Crippen LogP contribution in [0.2, 0.25) is 0 Å². The van der Waals surface area contributed by atoms with Gasteiger partial charge in [0.25, 0.3) is 0 Å². The van der Waals surface area contributed by atoms with Crippen molar-refractivity contribution in [2.75, 3.05) is 23.7 Å². The summed E-state index contributed by atoms with van der Waals surface area (Å²) in [6, 6.07) is 5.74. The average molecular weight is 310 g/mol. The van der Waals surface area contributed by atoms with Crippen molar-refractivity contribution in [2.24, 2.45) is 5.92 Å². The normalized spacial score (nSPS) is 21.0. The zero-order valence-electron chi connectivity index (χ0n) is 11.8. The van der Waals surface area contributed by atoms with Gasteiger partial charge < -0.3 is 16.0 Å². The van der Waals surface area contributed by atoms with Crippen LogP contribution in [0.15, 0.2) is 18.2 Å². The van der Waals surface area contributed by atoms with Crippen LogP contribution >= 0.6 is 12.4 Å². The minimum Gasteiger partial charge on any atom is -0.398 e. The molecular weight excluding hydrogens is 290 g/mol. The van der Waals surface area contributed by atoms with Gasteiger partial charge in [0, 0.05) is 30.9 Å². The lowest BCUT2D eigenvalue weighted by Crippen LogP contribution is -2.46. The molecule has 6 heteroatoms. The van der Waals surface area contributed by atoms with E-state index in [1.165, 1.54) is 0 Å². The van der Waals surface area contributed by atoms with Crippen molar-refractivity contribution >= 4 is 35.6 Å². The van der Waals surface area contributed by atoms with Gasteiger partial charge in [-0.15, -0.1) is 12.4 Å². The van der Waals surface area contributed by atoms with Gasteiger partial charge in [-0.05, 0) is 37.0 Å². The van der Waals surface area contributed by atoms with E-state index in [4.69, 9.17) is 5.73 Å². The number of rotatable bonds is 1. The molecule has 3 rings (SSSR count). The van der Waals surface area contributed by atoms with Crippen molar-refractivity contribution in [3.8, 4) is 0 Å². The average Bonchev–Trinajstić information content (AvgIpc) is 2.47. The minimum absolute atomic E-state index is 0. The van der Waals surface area contributed by atoms with Crippen LogP contribution in [-0.2, 0) is 16.0 Å². The Kier molecular flexibility index (Phi) is 4.73. The molecule has 0 aliphatic carbocycles. The fraction of sp³-hybridized carbons (Fsp3) is 0.467. The van der Waals surface area contributed by atoms with Crippen LogP contribution < -0.4 is 16.0 Å². The number of nitrogen functional groups attached to an aromatic ring is 1. The molecule has 3 N–H and O–H groups in total. The van der Waals surface area contributed by atoms with Crippen molar-refractivity contribution in [1.29, 1.82) is 0 Å². The Hall–Kier alpha value is -1.75. The summed E-state index contributed by atoms with van der Waals surface area (Å²) in [6.07, 6.45) is 2.94. The summed E-state index contributed by atoms with van der Waals surface area (Å²) in [5, 5.41) is 2.78. The van der Waals surface area contributed by atoms with Crippen LogP contribution in [0, 0.1) is 5.92 Å². The predicted molar refractivity (Wildman–Crippen MR) is 84.5 cm³/mol. The lowest BCUT2D eigenvalue weighted by molar-refractivity contribution is -0.127. The molecule has 5 nitrogen and oxygen atoms in total. The Labute approximate surface area is 130 Å². The lowest BCUT2D eigenvalue weighted by Gasteiger charge is -2.34. The molecule has 0 spiro atoms. The first-order valence-electron chi connectivity index (χ1n) is 7.12. The number of hydrogen-bond donors (Lipinski definition) is 2. The van der Waals surface area contributed by atoms with Crippen LogP contribution in [0.5, 0.6) is 0 Å². The fourth-order valence-electron chi connectivity index (χ4n) is 3.04. The lowest BCUT2D eigenvalue weighted by atomic mass is 9.94. The monoisotopic (exact) mass is 309 g/mol. The third-order valence-corrected chi connectivity index (χ3v) is 4.17. The molecule has 1 aromatic rings. The van der Waals surface area contributed by atoms with Crippen molar-refractivity contribution in [1.82, 2.24) is 5.32 Å². The number of piperidine rings is 1. The summed E-state index contributed by atoms with van der Waals surface area (Å²) in [7, 11) is 0. The number of carbonyl (C=O) groups excluding carboxylic acids is 2. The first-order chi connectivity index (χ1) is 9.66. The Morgan fingerprint density at radius 1 is 1.33 bits per heavy atom. The predicted octanol–water partition coefficient (Wildman–Crippen LogP) is 1.50. The van der Waals surface area contributed by atoms with Crippen LogP contribution in [0.1, 0.15) is 24.8 Å². The summed E-state index contributed by atoms with van der Waals surface area (Å²) >= 11 is 0. The number of halogens is 1. The number of nitrogens with one attached hydrogen (secondary N) is 1. The highest BCUT2D eigenvalue weighted by molar-refractivity contribution is 5.98. The number of nitrogens with two attached hydrogens (primary N) is 1. The van der Waals surface area contributed by atoms with E-state index in [0.717, 1.165) is 36.3 Å². The third-order valence-electron chi connectivity index (χ3n) is 4.17. The van der Waals surface area contributed by atoms with E-state index >= 15 is 0 Å². The molecule has 0 radical (unpaired) electrons. The number of nitrogens with zero attached hydrogens (tertiary/aromatic N) is 1. The Morgan fingerprint density at radius 3 is 2.86 bits per heavy atom. The zero-order chi connectivity index (χ0) is 14.1. The molecular formula is C15H20ClN3O2. The highest BCUT2D eigenvalue weighted by atomic mass is 35.5. The van der Waals surface area contributed by atoms with E-state index in [2.05, 4.69) is 5.32 Å². The smallest absolute Gasteiger partial charge is 0.231 e. The Balaban J connectivity index is 0.00000161. The summed E-state index contributed by atoms with van der Waals surface area (Å²) in [5.74, 6) is 0.0361. The van der Waals surface area contributed by atoms with Crippen LogP contribution in [-0.4, -0.2) is 24.9 Å². The second-order valence-corrected chi connectivity index (χ2v) is 5.48. The maximum Gasteiger partial charge on any atom is 0.231 e. The highest BCUT2D eigenvalue weighted by Crippen LogP contribution is 2.32. The summed E-state index contributed by atoms with van der Waals surface area (Å²) < 4.78 is 0. The summed E-state index contributed by atoms with van der Waals surface area (Å²) in [5.41, 5.74) is 8.79. The minimum atomic E-state index is -0.111. The topological polar surface area (TPSA) is 75.4 Å². The largest absolute Gasteiger partial charge is 0.398 e. The maximum atomic E-state index is 12.7. The van der Waals surface area contributed by atoms with E-state index in [1.807, 2.05) is 23.1 Å². The SMILES string of the molecule is Cl.Nc1cccc2c1CCCN2C(=O)C1CCC(=O)NC1. The summed E-state index contributed by atoms with van der Waals surface area (Å²) in [4.78, 5) is 25.7. The van der Waals surface area contributed by atoms with Crippen LogP contribution in [0.25, 0.3) is 0 Å². The van der Waals surface area contributed by atoms with Crippen molar-refractivity contribution in [3.05, 3.63) is 23.8 Å². The molecule has 2 heterocycles. The van der Waals surface area contributed by atoms with Gasteiger partial charge in [-0.1, -0.05) is 6.07 Å². The fourth-order valence-corrected chi connectivity index (χ4v) is 3.04. The molecule has 2 aliphatic rings. The standard InChI is InChI=1S/C15H19N3O2.ClH/c16-12-4-1-5-13-11(12)3-2-8-18(13)15(20)10-6-7-14(19)17-9-10;/h1,4-5,10H,2-3,6-9,16H2,(H,17,19);1H. The van der Waals surface area contributed by atoms with Crippen LogP contribution in [0.4, 0.5) is 11.4 Å². The Morgan fingerprint density at radius 2 is 2.14 bits per heavy atom. The molecule has 0 bridgehead atoms. The molecule has 0 saturated carbocycles. The third kappa shape index (κ3) is 2.97. The number of benzene rings is 1. The molecule has 0 aromatic heterocycles. The van der Waals surface area contributed by atoms with E-state index in [9.17, 15) is 9.59 Å². The van der Waals surface area contributed by atoms with E-state index in [1.54, 1.807) is 0 Å².